The van der Waals surface area contributed by atoms with Gasteiger partial charge in [0.2, 0.25) is 0 Å². The lowest BCUT2D eigenvalue weighted by Gasteiger charge is -2.29. The van der Waals surface area contributed by atoms with E-state index in [0.29, 0.717) is 6.42 Å². The highest BCUT2D eigenvalue weighted by Crippen LogP contribution is 2.33. The third-order valence-electron chi connectivity index (χ3n) is 3.84. The second kappa shape index (κ2) is 6.02. The zero-order chi connectivity index (χ0) is 12.1. The fourth-order valence-corrected chi connectivity index (χ4v) is 2.76. The van der Waals surface area contributed by atoms with Crippen LogP contribution in [0.5, 0.6) is 0 Å². The Labute approximate surface area is 97.2 Å². The van der Waals surface area contributed by atoms with Crippen LogP contribution in [-0.2, 0) is 9.59 Å². The molecule has 0 aromatic heterocycles. The van der Waals surface area contributed by atoms with Gasteiger partial charge >= 0.3 is 5.97 Å². The van der Waals surface area contributed by atoms with Crippen molar-refractivity contribution in [3.8, 4) is 0 Å². The highest BCUT2D eigenvalue weighted by molar-refractivity contribution is 5.88. The first-order valence-corrected chi connectivity index (χ1v) is 6.38. The van der Waals surface area contributed by atoms with E-state index in [2.05, 4.69) is 0 Å². The predicted molar refractivity (Wildman–Crippen MR) is 62.2 cm³/mol. The molecule has 0 aromatic carbocycles. The summed E-state index contributed by atoms with van der Waals surface area (Å²) in [7, 11) is 0. The topological polar surface area (TPSA) is 54.4 Å². The Hall–Kier alpha value is -0.860. The maximum Gasteiger partial charge on any atom is 0.307 e. The molecule has 2 atom stereocenters. The van der Waals surface area contributed by atoms with E-state index in [1.54, 1.807) is 0 Å². The van der Waals surface area contributed by atoms with Gasteiger partial charge in [0.1, 0.15) is 5.78 Å². The van der Waals surface area contributed by atoms with Gasteiger partial charge in [-0.3, -0.25) is 9.59 Å². The van der Waals surface area contributed by atoms with Crippen molar-refractivity contribution < 1.29 is 14.7 Å². The summed E-state index contributed by atoms with van der Waals surface area (Å²) in [4.78, 5) is 23.3. The molecule has 0 spiro atoms. The molecule has 1 fully saturated rings. The summed E-state index contributed by atoms with van der Waals surface area (Å²) in [5.74, 6) is -1.19. The number of ketones is 1. The SMILES string of the molecule is CCC(CC)C(=O)C1CCCCC1C(=O)O. The van der Waals surface area contributed by atoms with E-state index >= 15 is 0 Å². The van der Waals surface area contributed by atoms with Crippen molar-refractivity contribution >= 4 is 11.8 Å². The van der Waals surface area contributed by atoms with Crippen LogP contribution in [0.15, 0.2) is 0 Å². The number of Topliss-reactive ketones (excluding diaryl/α,β-unsaturated/α-hetero) is 1. The van der Waals surface area contributed by atoms with E-state index in [0.717, 1.165) is 32.1 Å². The minimum Gasteiger partial charge on any atom is -0.481 e. The quantitative estimate of drug-likeness (QED) is 0.784. The molecule has 0 aliphatic heterocycles. The van der Waals surface area contributed by atoms with Crippen molar-refractivity contribution in [2.75, 3.05) is 0 Å². The minimum atomic E-state index is -0.788. The molecule has 0 saturated heterocycles. The maximum atomic E-state index is 12.2. The molecule has 1 aliphatic rings. The smallest absolute Gasteiger partial charge is 0.307 e. The van der Waals surface area contributed by atoms with Gasteiger partial charge in [0.15, 0.2) is 0 Å². The number of carboxylic acids is 1. The molecule has 92 valence electrons. The second-order valence-corrected chi connectivity index (χ2v) is 4.75. The van der Waals surface area contributed by atoms with Crippen LogP contribution >= 0.6 is 0 Å². The lowest BCUT2D eigenvalue weighted by Crippen LogP contribution is -2.35. The molecular weight excluding hydrogens is 204 g/mol. The number of carbonyl (C=O) groups excluding carboxylic acids is 1. The molecule has 1 saturated carbocycles. The standard InChI is InChI=1S/C13H22O3/c1-3-9(4-2)12(14)10-7-5-6-8-11(10)13(15)16/h9-11H,3-8H2,1-2H3,(H,15,16). The van der Waals surface area contributed by atoms with Crippen LogP contribution in [0.25, 0.3) is 0 Å². The zero-order valence-electron chi connectivity index (χ0n) is 10.2. The van der Waals surface area contributed by atoms with Crippen molar-refractivity contribution in [3.63, 3.8) is 0 Å². The Morgan fingerprint density at radius 3 is 2.06 bits per heavy atom. The number of carboxylic acid groups (broad SMARTS) is 1. The van der Waals surface area contributed by atoms with Gasteiger partial charge in [-0.2, -0.15) is 0 Å². The van der Waals surface area contributed by atoms with Crippen LogP contribution in [-0.4, -0.2) is 16.9 Å². The number of hydrogen-bond donors (Lipinski definition) is 1. The van der Waals surface area contributed by atoms with Gasteiger partial charge in [0, 0.05) is 11.8 Å². The van der Waals surface area contributed by atoms with Crippen LogP contribution in [0.4, 0.5) is 0 Å². The van der Waals surface area contributed by atoms with Crippen LogP contribution in [0.3, 0.4) is 0 Å². The second-order valence-electron chi connectivity index (χ2n) is 4.75. The summed E-state index contributed by atoms with van der Waals surface area (Å²) in [5, 5.41) is 9.13. The summed E-state index contributed by atoms with van der Waals surface area (Å²) < 4.78 is 0. The number of carbonyl (C=O) groups is 2. The molecule has 1 aliphatic carbocycles. The largest absolute Gasteiger partial charge is 0.481 e. The van der Waals surface area contributed by atoms with Gasteiger partial charge in [-0.15, -0.1) is 0 Å². The number of rotatable bonds is 5. The minimum absolute atomic E-state index is 0.0601. The Kier molecular flexibility index (Phi) is 4.97. The van der Waals surface area contributed by atoms with Crippen molar-refractivity contribution in [2.24, 2.45) is 17.8 Å². The van der Waals surface area contributed by atoms with E-state index in [1.165, 1.54) is 0 Å². The molecule has 0 aromatic rings. The molecule has 0 radical (unpaired) electrons. The van der Waals surface area contributed by atoms with Gasteiger partial charge in [0.05, 0.1) is 5.92 Å². The highest BCUT2D eigenvalue weighted by Gasteiger charge is 2.37. The number of aliphatic carboxylic acids is 1. The summed E-state index contributed by atoms with van der Waals surface area (Å²) >= 11 is 0. The molecule has 1 N–H and O–H groups in total. The molecule has 3 heteroatoms. The van der Waals surface area contributed by atoms with Crippen molar-refractivity contribution in [1.82, 2.24) is 0 Å². The summed E-state index contributed by atoms with van der Waals surface area (Å²) in [6.07, 6.45) is 5.05. The van der Waals surface area contributed by atoms with E-state index in [4.69, 9.17) is 5.11 Å². The first kappa shape index (κ1) is 13.2. The van der Waals surface area contributed by atoms with Crippen LogP contribution in [0.1, 0.15) is 52.4 Å². The first-order valence-electron chi connectivity index (χ1n) is 6.38. The van der Waals surface area contributed by atoms with Crippen LogP contribution in [0, 0.1) is 17.8 Å². The van der Waals surface area contributed by atoms with Gasteiger partial charge in [0.25, 0.3) is 0 Å². The highest BCUT2D eigenvalue weighted by atomic mass is 16.4. The van der Waals surface area contributed by atoms with E-state index in [9.17, 15) is 9.59 Å². The van der Waals surface area contributed by atoms with Crippen molar-refractivity contribution in [2.45, 2.75) is 52.4 Å². The molecule has 0 heterocycles. The first-order chi connectivity index (χ1) is 7.61. The summed E-state index contributed by atoms with van der Waals surface area (Å²) in [5.41, 5.74) is 0. The normalized spacial score (nSPS) is 25.7. The maximum absolute atomic E-state index is 12.2. The van der Waals surface area contributed by atoms with Crippen LogP contribution in [0.2, 0.25) is 0 Å². The Bertz CT molecular complexity index is 256. The lowest BCUT2D eigenvalue weighted by atomic mass is 9.73. The Morgan fingerprint density at radius 2 is 1.62 bits per heavy atom. The molecular formula is C13H22O3. The molecule has 3 nitrogen and oxygen atoms in total. The van der Waals surface area contributed by atoms with Crippen molar-refractivity contribution in [3.05, 3.63) is 0 Å². The monoisotopic (exact) mass is 226 g/mol. The fourth-order valence-electron chi connectivity index (χ4n) is 2.76. The molecule has 16 heavy (non-hydrogen) atoms. The summed E-state index contributed by atoms with van der Waals surface area (Å²) in [6, 6.07) is 0. The zero-order valence-corrected chi connectivity index (χ0v) is 10.2. The fraction of sp³-hybridized carbons (Fsp3) is 0.846. The van der Waals surface area contributed by atoms with Gasteiger partial charge in [-0.25, -0.2) is 0 Å². The van der Waals surface area contributed by atoms with Crippen LogP contribution < -0.4 is 0 Å². The van der Waals surface area contributed by atoms with E-state index in [-0.39, 0.29) is 17.6 Å². The predicted octanol–water partition coefficient (Wildman–Crippen LogP) is 2.88. The summed E-state index contributed by atoms with van der Waals surface area (Å²) in [6.45, 7) is 4.01. The van der Waals surface area contributed by atoms with Crippen molar-refractivity contribution in [1.29, 1.82) is 0 Å². The molecule has 2 unspecified atom stereocenters. The van der Waals surface area contributed by atoms with Gasteiger partial charge < -0.3 is 5.11 Å². The molecule has 1 rings (SSSR count). The molecule has 0 amide bonds. The van der Waals surface area contributed by atoms with Gasteiger partial charge in [-0.1, -0.05) is 26.7 Å². The number of hydrogen-bond acceptors (Lipinski definition) is 2. The van der Waals surface area contributed by atoms with E-state index < -0.39 is 11.9 Å². The van der Waals surface area contributed by atoms with Gasteiger partial charge in [-0.05, 0) is 25.7 Å². The third-order valence-corrected chi connectivity index (χ3v) is 3.84. The molecule has 0 bridgehead atoms. The Balaban J connectivity index is 2.74. The van der Waals surface area contributed by atoms with E-state index in [1.807, 2.05) is 13.8 Å². The Morgan fingerprint density at radius 1 is 1.12 bits per heavy atom. The lowest BCUT2D eigenvalue weighted by molar-refractivity contribution is -0.149. The average molecular weight is 226 g/mol. The third kappa shape index (κ3) is 2.83. The average Bonchev–Trinajstić information content (AvgIpc) is 2.30.